The highest BCUT2D eigenvalue weighted by Gasteiger charge is 2.09. The first-order valence-corrected chi connectivity index (χ1v) is 3.27. The van der Waals surface area contributed by atoms with Crippen LogP contribution in [0.25, 0.3) is 0 Å². The normalized spacial score (nSPS) is 11.4. The van der Waals surface area contributed by atoms with Gasteiger partial charge in [0.05, 0.1) is 5.92 Å². The average Bonchev–Trinajstić information content (AvgIpc) is 1.98. The third-order valence-electron chi connectivity index (χ3n) is 1.27. The molecule has 0 N–H and O–H groups in total. The molecule has 0 heterocycles. The Morgan fingerprint density at radius 1 is 1.90 bits per heavy atom. The Morgan fingerprint density at radius 2 is 2.50 bits per heavy atom. The van der Waals surface area contributed by atoms with Gasteiger partial charge in [-0.2, -0.15) is 0 Å². The molecule has 0 fully saturated rings. The van der Waals surface area contributed by atoms with Gasteiger partial charge in [0, 0.05) is 0 Å². The third kappa shape index (κ3) is 3.10. The lowest BCUT2D eigenvalue weighted by molar-refractivity contribution is -0.142. The van der Waals surface area contributed by atoms with Crippen molar-refractivity contribution in [2.24, 2.45) is 5.92 Å². The highest BCUT2D eigenvalue weighted by Crippen LogP contribution is 2.02. The van der Waals surface area contributed by atoms with E-state index in [1.165, 1.54) is 6.26 Å². The lowest BCUT2D eigenvalue weighted by Gasteiger charge is -2.02. The van der Waals surface area contributed by atoms with Crippen LogP contribution < -0.4 is 0 Å². The van der Waals surface area contributed by atoms with Crippen molar-refractivity contribution in [2.75, 3.05) is 0 Å². The van der Waals surface area contributed by atoms with Crippen LogP contribution in [0.2, 0.25) is 0 Å². The molecule has 0 saturated heterocycles. The van der Waals surface area contributed by atoms with E-state index in [0.717, 1.165) is 6.42 Å². The first kappa shape index (κ1) is 8.99. The third-order valence-corrected chi connectivity index (χ3v) is 1.27. The van der Waals surface area contributed by atoms with Crippen LogP contribution in [0.5, 0.6) is 0 Å². The summed E-state index contributed by atoms with van der Waals surface area (Å²) < 4.78 is 4.61. The number of hydrogen-bond acceptors (Lipinski definition) is 2. The van der Waals surface area contributed by atoms with E-state index in [-0.39, 0.29) is 11.9 Å². The summed E-state index contributed by atoms with van der Waals surface area (Å²) in [4.78, 5) is 10.8. The zero-order valence-corrected chi connectivity index (χ0v) is 6.39. The lowest BCUT2D eigenvalue weighted by atomic mass is 10.1. The molecular formula is C8H12O2. The molecule has 0 amide bonds. The van der Waals surface area contributed by atoms with E-state index in [4.69, 9.17) is 0 Å². The van der Waals surface area contributed by atoms with E-state index < -0.39 is 0 Å². The molecule has 2 heteroatoms. The minimum atomic E-state index is -0.223. The van der Waals surface area contributed by atoms with Crippen molar-refractivity contribution < 1.29 is 9.53 Å². The molecule has 0 saturated carbocycles. The molecule has 0 radical (unpaired) electrons. The van der Waals surface area contributed by atoms with Gasteiger partial charge in [0.2, 0.25) is 0 Å². The number of carbonyl (C=O) groups excluding carboxylic acids is 1. The van der Waals surface area contributed by atoms with Crippen LogP contribution >= 0.6 is 0 Å². The molecule has 0 aromatic heterocycles. The summed E-state index contributed by atoms with van der Waals surface area (Å²) in [6.07, 6.45) is 1.97. The first-order valence-electron chi connectivity index (χ1n) is 3.27. The van der Waals surface area contributed by atoms with Crippen molar-refractivity contribution in [3.8, 4) is 0 Å². The number of esters is 1. The molecule has 0 aliphatic rings. The second kappa shape index (κ2) is 4.83. The highest BCUT2D eigenvalue weighted by atomic mass is 16.5. The Morgan fingerprint density at radius 3 is 2.90 bits per heavy atom. The monoisotopic (exact) mass is 140 g/mol. The summed E-state index contributed by atoms with van der Waals surface area (Å²) in [6, 6.07) is 0. The van der Waals surface area contributed by atoms with Crippen LogP contribution in [0.15, 0.2) is 18.6 Å². The van der Waals surface area contributed by atoms with Gasteiger partial charge in [0.15, 0.2) is 0 Å². The number of carbonyl (C=O) groups is 1. The molecule has 2 nitrogen and oxygen atoms in total. The number of rotatable bonds is 3. The average molecular weight is 140 g/mol. The topological polar surface area (TPSA) is 26.3 Å². The van der Waals surface area contributed by atoms with Gasteiger partial charge in [-0.15, -0.1) is 0 Å². The Balaban J connectivity index is 3.72. The van der Waals surface area contributed by atoms with Crippen LogP contribution in [0, 0.1) is 5.92 Å². The fourth-order valence-electron chi connectivity index (χ4n) is 0.383. The van der Waals surface area contributed by atoms with Crippen molar-refractivity contribution >= 4 is 5.97 Å². The largest absolute Gasteiger partial charge is 0.426 e. The van der Waals surface area contributed by atoms with E-state index in [0.29, 0.717) is 0 Å². The quantitative estimate of drug-likeness (QED) is 0.340. The van der Waals surface area contributed by atoms with E-state index in [1.54, 1.807) is 0 Å². The van der Waals surface area contributed by atoms with E-state index in [9.17, 15) is 4.79 Å². The van der Waals surface area contributed by atoms with Gasteiger partial charge < -0.3 is 4.74 Å². The van der Waals surface area contributed by atoms with Crippen molar-refractivity contribution in [3.05, 3.63) is 18.6 Å². The van der Waals surface area contributed by atoms with E-state index in [2.05, 4.69) is 17.0 Å². The second-order valence-electron chi connectivity index (χ2n) is 2.07. The summed E-state index contributed by atoms with van der Waals surface area (Å²) in [7, 11) is 0. The number of hydrogen-bond donors (Lipinski definition) is 0. The predicted octanol–water partition coefficient (Wildman–Crippen LogP) is 1.87. The standard InChI is InChI=1S/C8H12O2/c1-4-6-10-8(9)7(3)5-2/h6-7H,1,5H2,2-3H3. The SMILES string of the molecule is C=C=COC(=O)C(C)CC. The molecule has 1 atom stereocenters. The van der Waals surface area contributed by atoms with Gasteiger partial charge in [-0.1, -0.05) is 26.2 Å². The van der Waals surface area contributed by atoms with E-state index in [1.807, 2.05) is 13.8 Å². The summed E-state index contributed by atoms with van der Waals surface area (Å²) in [5.74, 6) is -0.261. The summed E-state index contributed by atoms with van der Waals surface area (Å²) >= 11 is 0. The van der Waals surface area contributed by atoms with Crippen LogP contribution in [-0.4, -0.2) is 5.97 Å². The van der Waals surface area contributed by atoms with Crippen molar-refractivity contribution in [1.29, 1.82) is 0 Å². The molecule has 0 aromatic carbocycles. The van der Waals surface area contributed by atoms with Gasteiger partial charge in [0.1, 0.15) is 6.26 Å². The highest BCUT2D eigenvalue weighted by molar-refractivity contribution is 5.72. The van der Waals surface area contributed by atoms with Gasteiger partial charge in [-0.3, -0.25) is 4.79 Å². The van der Waals surface area contributed by atoms with Gasteiger partial charge >= 0.3 is 5.97 Å². The molecular weight excluding hydrogens is 128 g/mol. The summed E-state index contributed by atoms with van der Waals surface area (Å²) in [5, 5.41) is 0. The smallest absolute Gasteiger partial charge is 0.314 e. The fraction of sp³-hybridized carbons (Fsp3) is 0.500. The fourth-order valence-corrected chi connectivity index (χ4v) is 0.383. The van der Waals surface area contributed by atoms with Crippen LogP contribution in [0.3, 0.4) is 0 Å². The van der Waals surface area contributed by atoms with Gasteiger partial charge in [0.25, 0.3) is 0 Å². The zero-order valence-electron chi connectivity index (χ0n) is 6.39. The van der Waals surface area contributed by atoms with E-state index >= 15 is 0 Å². The Hall–Kier alpha value is -1.01. The molecule has 0 aliphatic carbocycles. The number of ether oxygens (including phenoxy) is 1. The van der Waals surface area contributed by atoms with Gasteiger partial charge in [-0.25, -0.2) is 0 Å². The van der Waals surface area contributed by atoms with Crippen molar-refractivity contribution in [3.63, 3.8) is 0 Å². The lowest BCUT2D eigenvalue weighted by Crippen LogP contribution is -2.10. The second-order valence-corrected chi connectivity index (χ2v) is 2.07. The maximum atomic E-state index is 10.8. The molecule has 10 heavy (non-hydrogen) atoms. The molecule has 0 spiro atoms. The Bertz CT molecular complexity index is 155. The maximum absolute atomic E-state index is 10.8. The van der Waals surface area contributed by atoms with Gasteiger partial charge in [-0.05, 0) is 6.42 Å². The molecule has 0 rings (SSSR count). The summed E-state index contributed by atoms with van der Waals surface area (Å²) in [5.41, 5.74) is 2.36. The minimum absolute atomic E-state index is 0.0374. The Kier molecular flexibility index (Phi) is 4.34. The minimum Gasteiger partial charge on any atom is -0.426 e. The first-order chi connectivity index (χ1) is 4.72. The molecule has 0 aliphatic heterocycles. The molecule has 0 aromatic rings. The van der Waals surface area contributed by atoms with Crippen LogP contribution in [0.1, 0.15) is 20.3 Å². The van der Waals surface area contributed by atoms with Crippen molar-refractivity contribution in [2.45, 2.75) is 20.3 Å². The zero-order chi connectivity index (χ0) is 7.98. The molecule has 0 bridgehead atoms. The Labute approximate surface area is 61.2 Å². The van der Waals surface area contributed by atoms with Crippen LogP contribution in [0.4, 0.5) is 0 Å². The van der Waals surface area contributed by atoms with Crippen molar-refractivity contribution in [1.82, 2.24) is 0 Å². The predicted molar refractivity (Wildman–Crippen MR) is 39.3 cm³/mol. The van der Waals surface area contributed by atoms with Crippen LogP contribution in [-0.2, 0) is 9.53 Å². The maximum Gasteiger partial charge on any atom is 0.314 e. The summed E-state index contributed by atoms with van der Waals surface area (Å²) in [6.45, 7) is 7.01. The molecule has 1 unspecified atom stereocenters. The molecule has 56 valence electrons.